The number of rotatable bonds is 8. The number of nitrogens with one attached hydrogen (secondary N) is 1. The van der Waals surface area contributed by atoms with Crippen LogP contribution in [-0.4, -0.2) is 43.2 Å². The van der Waals surface area contributed by atoms with E-state index >= 15 is 0 Å². The van der Waals surface area contributed by atoms with Crippen LogP contribution in [0.15, 0.2) is 18.3 Å². The van der Waals surface area contributed by atoms with E-state index in [0.717, 1.165) is 37.1 Å². The second-order valence-electron chi connectivity index (χ2n) is 5.23. The van der Waals surface area contributed by atoms with Gasteiger partial charge in [-0.2, -0.15) is 0 Å². The summed E-state index contributed by atoms with van der Waals surface area (Å²) < 4.78 is 5.73. The van der Waals surface area contributed by atoms with Crippen LogP contribution in [0.25, 0.3) is 0 Å². The number of hydrogen-bond donors (Lipinski definition) is 1. The Morgan fingerprint density at radius 1 is 1.47 bits per heavy atom. The molecule has 1 aromatic heterocycles. The van der Waals surface area contributed by atoms with Crippen molar-refractivity contribution >= 4 is 0 Å². The fraction of sp³-hybridized carbons (Fsp3) is 0.667. The lowest BCUT2D eigenvalue weighted by molar-refractivity contribution is 0.231. The standard InChI is InChI=1S/C15H25N3O/c1-4-14(16-2)15-8-7-13(11-17-15)19-10-9-18(3)12-5-6-12/h7-8,11-12,14,16H,4-6,9-10H2,1-3H3. The highest BCUT2D eigenvalue weighted by Crippen LogP contribution is 2.24. The molecular weight excluding hydrogens is 238 g/mol. The average Bonchev–Trinajstić information content (AvgIpc) is 3.26. The van der Waals surface area contributed by atoms with Crippen LogP contribution in [0.2, 0.25) is 0 Å². The lowest BCUT2D eigenvalue weighted by Gasteiger charge is -2.16. The van der Waals surface area contributed by atoms with E-state index in [4.69, 9.17) is 4.74 Å². The highest BCUT2D eigenvalue weighted by Gasteiger charge is 2.25. The number of aromatic nitrogens is 1. The van der Waals surface area contributed by atoms with Gasteiger partial charge in [0.15, 0.2) is 0 Å². The topological polar surface area (TPSA) is 37.4 Å². The Morgan fingerprint density at radius 3 is 2.79 bits per heavy atom. The molecule has 0 saturated heterocycles. The fourth-order valence-corrected chi connectivity index (χ4v) is 2.25. The first-order valence-electron chi connectivity index (χ1n) is 7.20. The van der Waals surface area contributed by atoms with Crippen LogP contribution in [0.4, 0.5) is 0 Å². The van der Waals surface area contributed by atoms with E-state index in [-0.39, 0.29) is 0 Å². The average molecular weight is 263 g/mol. The van der Waals surface area contributed by atoms with Crippen molar-refractivity contribution in [2.45, 2.75) is 38.3 Å². The molecule has 1 saturated carbocycles. The van der Waals surface area contributed by atoms with Gasteiger partial charge in [-0.15, -0.1) is 0 Å². The number of hydrogen-bond acceptors (Lipinski definition) is 4. The van der Waals surface area contributed by atoms with Crippen molar-refractivity contribution in [1.29, 1.82) is 0 Å². The summed E-state index contributed by atoms with van der Waals surface area (Å²) in [5.74, 6) is 0.860. The van der Waals surface area contributed by atoms with Crippen molar-refractivity contribution in [3.63, 3.8) is 0 Å². The first-order chi connectivity index (χ1) is 9.24. The Labute approximate surface area is 116 Å². The van der Waals surface area contributed by atoms with E-state index < -0.39 is 0 Å². The predicted octanol–water partition coefficient (Wildman–Crippen LogP) is 2.23. The smallest absolute Gasteiger partial charge is 0.137 e. The minimum Gasteiger partial charge on any atom is -0.491 e. The molecule has 106 valence electrons. The van der Waals surface area contributed by atoms with Gasteiger partial charge in [-0.25, -0.2) is 0 Å². The highest BCUT2D eigenvalue weighted by atomic mass is 16.5. The van der Waals surface area contributed by atoms with Crippen LogP contribution >= 0.6 is 0 Å². The van der Waals surface area contributed by atoms with Crippen LogP contribution in [0.3, 0.4) is 0 Å². The summed E-state index contributed by atoms with van der Waals surface area (Å²) in [4.78, 5) is 6.84. The molecule has 1 aliphatic carbocycles. The van der Waals surface area contributed by atoms with Gasteiger partial charge in [-0.1, -0.05) is 6.92 Å². The van der Waals surface area contributed by atoms with E-state index in [2.05, 4.69) is 29.2 Å². The van der Waals surface area contributed by atoms with Crippen LogP contribution in [0, 0.1) is 0 Å². The summed E-state index contributed by atoms with van der Waals surface area (Å²) in [7, 11) is 4.13. The summed E-state index contributed by atoms with van der Waals surface area (Å²) in [6, 6.07) is 5.18. The summed E-state index contributed by atoms with van der Waals surface area (Å²) >= 11 is 0. The maximum atomic E-state index is 5.73. The maximum absolute atomic E-state index is 5.73. The molecule has 1 aromatic rings. The van der Waals surface area contributed by atoms with Crippen molar-refractivity contribution in [1.82, 2.24) is 15.2 Å². The van der Waals surface area contributed by atoms with Crippen LogP contribution < -0.4 is 10.1 Å². The SMILES string of the molecule is CCC(NC)c1ccc(OCCN(C)C2CC2)cn1. The molecule has 0 amide bonds. The zero-order valence-corrected chi connectivity index (χ0v) is 12.2. The lowest BCUT2D eigenvalue weighted by Crippen LogP contribution is -2.26. The zero-order valence-electron chi connectivity index (χ0n) is 12.2. The van der Waals surface area contributed by atoms with Gasteiger partial charge in [0.25, 0.3) is 0 Å². The van der Waals surface area contributed by atoms with Gasteiger partial charge in [0.2, 0.25) is 0 Å². The highest BCUT2D eigenvalue weighted by molar-refractivity contribution is 5.21. The minimum absolute atomic E-state index is 0.329. The van der Waals surface area contributed by atoms with E-state index in [1.165, 1.54) is 12.8 Å². The molecule has 1 atom stereocenters. The van der Waals surface area contributed by atoms with Crippen molar-refractivity contribution in [2.75, 3.05) is 27.2 Å². The third-order valence-electron chi connectivity index (χ3n) is 3.76. The minimum atomic E-state index is 0.329. The van der Waals surface area contributed by atoms with Gasteiger partial charge in [0.1, 0.15) is 12.4 Å². The number of ether oxygens (including phenoxy) is 1. The molecule has 4 nitrogen and oxygen atoms in total. The molecule has 1 fully saturated rings. The first kappa shape index (κ1) is 14.3. The van der Waals surface area contributed by atoms with E-state index in [0.29, 0.717) is 6.04 Å². The molecule has 0 aromatic carbocycles. The third-order valence-corrected chi connectivity index (χ3v) is 3.76. The van der Waals surface area contributed by atoms with Gasteiger partial charge < -0.3 is 15.0 Å². The van der Waals surface area contributed by atoms with Gasteiger partial charge in [0, 0.05) is 18.6 Å². The predicted molar refractivity (Wildman–Crippen MR) is 77.5 cm³/mol. The van der Waals surface area contributed by atoms with E-state index in [9.17, 15) is 0 Å². The maximum Gasteiger partial charge on any atom is 0.137 e. The molecule has 19 heavy (non-hydrogen) atoms. The van der Waals surface area contributed by atoms with E-state index in [1.54, 1.807) is 0 Å². The molecule has 0 bridgehead atoms. The summed E-state index contributed by atoms with van der Waals surface area (Å²) in [5, 5.41) is 3.25. The molecule has 1 N–H and O–H groups in total. The molecule has 4 heteroatoms. The largest absolute Gasteiger partial charge is 0.491 e. The Bertz CT molecular complexity index is 371. The van der Waals surface area contributed by atoms with Gasteiger partial charge in [-0.3, -0.25) is 4.98 Å². The number of likely N-dealkylation sites (N-methyl/N-ethyl adjacent to an activating group) is 1. The second-order valence-corrected chi connectivity index (χ2v) is 5.23. The molecule has 1 aliphatic rings. The van der Waals surface area contributed by atoms with Crippen LogP contribution in [0.5, 0.6) is 5.75 Å². The van der Waals surface area contributed by atoms with Crippen LogP contribution in [-0.2, 0) is 0 Å². The summed E-state index contributed by atoms with van der Waals surface area (Å²) in [5.41, 5.74) is 1.08. The number of pyridine rings is 1. The monoisotopic (exact) mass is 263 g/mol. The summed E-state index contributed by atoms with van der Waals surface area (Å²) in [6.07, 6.45) is 5.55. The quantitative estimate of drug-likeness (QED) is 0.780. The van der Waals surface area contributed by atoms with Crippen LogP contribution in [0.1, 0.15) is 37.9 Å². The lowest BCUT2D eigenvalue weighted by atomic mass is 10.1. The molecular formula is C15H25N3O. The van der Waals surface area contributed by atoms with Gasteiger partial charge in [-0.05, 0) is 45.5 Å². The normalized spacial score (nSPS) is 16.6. The van der Waals surface area contributed by atoms with E-state index in [1.807, 2.05) is 25.4 Å². The van der Waals surface area contributed by atoms with Gasteiger partial charge >= 0.3 is 0 Å². The first-order valence-corrected chi connectivity index (χ1v) is 7.20. The Morgan fingerprint density at radius 2 is 2.26 bits per heavy atom. The summed E-state index contributed by atoms with van der Waals surface area (Å²) in [6.45, 7) is 3.87. The van der Waals surface area contributed by atoms with Crippen molar-refractivity contribution in [3.05, 3.63) is 24.0 Å². The Kier molecular flexibility index (Phi) is 5.16. The van der Waals surface area contributed by atoms with Crippen molar-refractivity contribution < 1.29 is 4.74 Å². The molecule has 1 heterocycles. The molecule has 2 rings (SSSR count). The molecule has 0 radical (unpaired) electrons. The van der Waals surface area contributed by atoms with Crippen molar-refractivity contribution in [3.8, 4) is 5.75 Å². The number of nitrogens with zero attached hydrogens (tertiary/aromatic N) is 2. The van der Waals surface area contributed by atoms with Crippen molar-refractivity contribution in [2.24, 2.45) is 0 Å². The molecule has 0 aliphatic heterocycles. The third kappa shape index (κ3) is 4.18. The molecule has 1 unspecified atom stereocenters. The fourth-order valence-electron chi connectivity index (χ4n) is 2.25. The molecule has 0 spiro atoms. The second kappa shape index (κ2) is 6.87. The Balaban J connectivity index is 1.77. The Hall–Kier alpha value is -1.13. The zero-order chi connectivity index (χ0) is 13.7. The van der Waals surface area contributed by atoms with Gasteiger partial charge in [0.05, 0.1) is 11.9 Å².